The summed E-state index contributed by atoms with van der Waals surface area (Å²) in [7, 11) is -3.92. The van der Waals surface area contributed by atoms with E-state index in [0.717, 1.165) is 17.7 Å². The van der Waals surface area contributed by atoms with Gasteiger partial charge in [-0.05, 0) is 42.3 Å². The Bertz CT molecular complexity index is 733. The maximum absolute atomic E-state index is 13.6. The molecule has 2 rings (SSSR count). The minimum Gasteiger partial charge on any atom is -0.399 e. The van der Waals surface area contributed by atoms with Crippen molar-refractivity contribution in [3.05, 3.63) is 58.9 Å². The Balaban J connectivity index is 2.04. The number of anilines is 1. The highest BCUT2D eigenvalue weighted by Gasteiger charge is 2.18. The fraction of sp³-hybridized carbons (Fsp3) is 0.143. The smallest absolute Gasteiger partial charge is 0.243 e. The number of hydrogen-bond donors (Lipinski definition) is 2. The van der Waals surface area contributed by atoms with Crippen LogP contribution in [0, 0.1) is 5.82 Å². The minimum atomic E-state index is -3.92. The summed E-state index contributed by atoms with van der Waals surface area (Å²) in [5.41, 5.74) is 6.60. The van der Waals surface area contributed by atoms with E-state index in [1.54, 1.807) is 24.3 Å². The maximum atomic E-state index is 13.6. The van der Waals surface area contributed by atoms with E-state index in [4.69, 9.17) is 17.3 Å². The molecule has 0 aliphatic carbocycles. The number of nitrogen functional groups attached to an aromatic ring is 1. The van der Waals surface area contributed by atoms with Gasteiger partial charge < -0.3 is 5.73 Å². The number of sulfonamides is 1. The zero-order valence-electron chi connectivity index (χ0n) is 11.0. The molecule has 0 spiro atoms. The minimum absolute atomic E-state index is 0.151. The first-order chi connectivity index (χ1) is 9.88. The van der Waals surface area contributed by atoms with Crippen molar-refractivity contribution in [2.75, 3.05) is 12.3 Å². The van der Waals surface area contributed by atoms with Crippen LogP contribution in [-0.2, 0) is 16.4 Å². The molecule has 0 bridgehead atoms. The fourth-order valence-electron chi connectivity index (χ4n) is 1.78. The first-order valence-corrected chi connectivity index (χ1v) is 8.04. The van der Waals surface area contributed by atoms with E-state index in [1.807, 2.05) is 0 Å². The predicted molar refractivity (Wildman–Crippen MR) is 81.2 cm³/mol. The van der Waals surface area contributed by atoms with Crippen LogP contribution in [0.5, 0.6) is 0 Å². The van der Waals surface area contributed by atoms with Gasteiger partial charge in [0.25, 0.3) is 0 Å². The van der Waals surface area contributed by atoms with Crippen LogP contribution in [0.3, 0.4) is 0 Å². The third-order valence-electron chi connectivity index (χ3n) is 2.86. The van der Waals surface area contributed by atoms with Gasteiger partial charge in [0, 0.05) is 17.3 Å². The van der Waals surface area contributed by atoms with Gasteiger partial charge in [0.2, 0.25) is 10.0 Å². The fourth-order valence-corrected chi connectivity index (χ4v) is 3.05. The van der Waals surface area contributed by atoms with Crippen molar-refractivity contribution in [3.8, 4) is 0 Å². The molecule has 0 aromatic heterocycles. The molecule has 0 aliphatic rings. The second kappa shape index (κ2) is 6.43. The zero-order valence-corrected chi connectivity index (χ0v) is 12.6. The molecular formula is C14H14ClFN2O2S. The molecule has 2 aromatic rings. The second-order valence-corrected chi connectivity index (χ2v) is 6.64. The molecule has 0 aliphatic heterocycles. The van der Waals surface area contributed by atoms with Crippen molar-refractivity contribution in [1.82, 2.24) is 4.72 Å². The van der Waals surface area contributed by atoms with Crippen molar-refractivity contribution in [2.24, 2.45) is 0 Å². The van der Waals surface area contributed by atoms with E-state index in [2.05, 4.69) is 4.72 Å². The van der Waals surface area contributed by atoms with Gasteiger partial charge >= 0.3 is 0 Å². The SMILES string of the molecule is Nc1ccc(F)c(S(=O)(=O)NCCc2ccc(Cl)cc2)c1. The molecule has 7 heteroatoms. The van der Waals surface area contributed by atoms with Gasteiger partial charge in [-0.2, -0.15) is 0 Å². The van der Waals surface area contributed by atoms with Gasteiger partial charge in [-0.15, -0.1) is 0 Å². The Morgan fingerprint density at radius 2 is 1.81 bits per heavy atom. The highest BCUT2D eigenvalue weighted by Crippen LogP contribution is 2.17. The summed E-state index contributed by atoms with van der Waals surface area (Å²) < 4.78 is 40.0. The van der Waals surface area contributed by atoms with Crippen LogP contribution in [-0.4, -0.2) is 15.0 Å². The van der Waals surface area contributed by atoms with Crippen LogP contribution in [0.2, 0.25) is 5.02 Å². The van der Waals surface area contributed by atoms with E-state index >= 15 is 0 Å². The number of halogens is 2. The Morgan fingerprint density at radius 1 is 1.14 bits per heavy atom. The average molecular weight is 329 g/mol. The van der Waals surface area contributed by atoms with Crippen LogP contribution in [0.1, 0.15) is 5.56 Å². The normalized spacial score (nSPS) is 11.5. The lowest BCUT2D eigenvalue weighted by Gasteiger charge is -2.08. The van der Waals surface area contributed by atoms with Gasteiger partial charge in [0.15, 0.2) is 0 Å². The number of nitrogens with one attached hydrogen (secondary N) is 1. The highest BCUT2D eigenvalue weighted by atomic mass is 35.5. The number of hydrogen-bond acceptors (Lipinski definition) is 3. The molecule has 0 fully saturated rings. The molecule has 4 nitrogen and oxygen atoms in total. The maximum Gasteiger partial charge on any atom is 0.243 e. The quantitative estimate of drug-likeness (QED) is 0.829. The van der Waals surface area contributed by atoms with Crippen molar-refractivity contribution < 1.29 is 12.8 Å². The molecule has 2 aromatic carbocycles. The summed E-state index contributed by atoms with van der Waals surface area (Å²) >= 11 is 5.77. The summed E-state index contributed by atoms with van der Waals surface area (Å²) in [6.45, 7) is 0.151. The molecule has 0 amide bonds. The lowest BCUT2D eigenvalue weighted by atomic mass is 10.2. The Labute approximate surface area is 127 Å². The van der Waals surface area contributed by atoms with Gasteiger partial charge in [-0.3, -0.25) is 0 Å². The molecule has 3 N–H and O–H groups in total. The number of nitrogens with two attached hydrogens (primary N) is 1. The molecule has 0 radical (unpaired) electrons. The molecule has 0 unspecified atom stereocenters. The summed E-state index contributed by atoms with van der Waals surface area (Å²) in [5.74, 6) is -0.830. The average Bonchev–Trinajstić information content (AvgIpc) is 2.43. The van der Waals surface area contributed by atoms with E-state index < -0.39 is 20.7 Å². The van der Waals surface area contributed by atoms with Crippen molar-refractivity contribution >= 4 is 27.3 Å². The highest BCUT2D eigenvalue weighted by molar-refractivity contribution is 7.89. The summed E-state index contributed by atoms with van der Waals surface area (Å²) in [4.78, 5) is -0.446. The predicted octanol–water partition coefficient (Wildman–Crippen LogP) is 2.58. The zero-order chi connectivity index (χ0) is 15.5. The van der Waals surface area contributed by atoms with Crippen molar-refractivity contribution in [1.29, 1.82) is 0 Å². The first-order valence-electron chi connectivity index (χ1n) is 6.17. The lowest BCUT2D eigenvalue weighted by molar-refractivity contribution is 0.557. The van der Waals surface area contributed by atoms with Crippen LogP contribution in [0.15, 0.2) is 47.4 Å². The molecule has 21 heavy (non-hydrogen) atoms. The van der Waals surface area contributed by atoms with E-state index in [1.165, 1.54) is 6.07 Å². The Kier molecular flexibility index (Phi) is 4.82. The van der Waals surface area contributed by atoms with Crippen LogP contribution >= 0.6 is 11.6 Å². The summed E-state index contributed by atoms with van der Waals surface area (Å²) in [6, 6.07) is 10.5. The van der Waals surface area contributed by atoms with Crippen molar-refractivity contribution in [2.45, 2.75) is 11.3 Å². The molecule has 0 saturated carbocycles. The number of benzene rings is 2. The molecule has 112 valence electrons. The molecule has 0 heterocycles. The Hall–Kier alpha value is -1.63. The monoisotopic (exact) mass is 328 g/mol. The Morgan fingerprint density at radius 3 is 2.48 bits per heavy atom. The second-order valence-electron chi connectivity index (χ2n) is 4.46. The van der Waals surface area contributed by atoms with Crippen molar-refractivity contribution in [3.63, 3.8) is 0 Å². The van der Waals surface area contributed by atoms with Crippen LogP contribution in [0.4, 0.5) is 10.1 Å². The van der Waals surface area contributed by atoms with Gasteiger partial charge in [0.1, 0.15) is 10.7 Å². The lowest BCUT2D eigenvalue weighted by Crippen LogP contribution is -2.26. The summed E-state index contributed by atoms with van der Waals surface area (Å²) in [5, 5.41) is 0.612. The van der Waals surface area contributed by atoms with E-state index in [-0.39, 0.29) is 12.2 Å². The van der Waals surface area contributed by atoms with Gasteiger partial charge in [0.05, 0.1) is 0 Å². The standard InChI is InChI=1S/C14H14ClFN2O2S/c15-11-3-1-10(2-4-11)7-8-18-21(19,20)14-9-12(17)5-6-13(14)16/h1-6,9,18H,7-8,17H2. The first kappa shape index (κ1) is 15.8. The topological polar surface area (TPSA) is 72.2 Å². The van der Waals surface area contributed by atoms with Gasteiger partial charge in [-0.1, -0.05) is 23.7 Å². The van der Waals surface area contributed by atoms with Crippen LogP contribution in [0.25, 0.3) is 0 Å². The largest absolute Gasteiger partial charge is 0.399 e. The van der Waals surface area contributed by atoms with Crippen LogP contribution < -0.4 is 10.5 Å². The molecular weight excluding hydrogens is 315 g/mol. The van der Waals surface area contributed by atoms with Gasteiger partial charge in [-0.25, -0.2) is 17.5 Å². The number of rotatable bonds is 5. The third kappa shape index (κ3) is 4.17. The molecule has 0 atom stereocenters. The third-order valence-corrected chi connectivity index (χ3v) is 4.59. The molecule has 0 saturated heterocycles. The van der Waals surface area contributed by atoms with E-state index in [0.29, 0.717) is 11.4 Å². The summed E-state index contributed by atoms with van der Waals surface area (Å²) in [6.07, 6.45) is 0.473. The van der Waals surface area contributed by atoms with E-state index in [9.17, 15) is 12.8 Å².